The summed E-state index contributed by atoms with van der Waals surface area (Å²) >= 11 is 0. The molecule has 0 saturated heterocycles. The van der Waals surface area contributed by atoms with E-state index in [1.165, 1.54) is 13.8 Å². The number of rotatable bonds is 3. The largest absolute Gasteiger partial charge is 0.475 e. The number of esters is 1. The van der Waals surface area contributed by atoms with Gasteiger partial charge in [0.1, 0.15) is 11.3 Å². The van der Waals surface area contributed by atoms with Gasteiger partial charge in [0.15, 0.2) is 0 Å². The second-order valence-corrected chi connectivity index (χ2v) is 3.01. The lowest BCUT2D eigenvalue weighted by atomic mass is 10.1. The molecule has 0 aliphatic heterocycles. The Labute approximate surface area is 86.6 Å². The fourth-order valence-corrected chi connectivity index (χ4v) is 1.36. The van der Waals surface area contributed by atoms with Crippen molar-refractivity contribution in [2.45, 2.75) is 20.8 Å². The number of aryl methyl sites for hydroxylation is 1. The molecule has 0 radical (unpaired) electrons. The molecule has 0 aliphatic rings. The molecule has 15 heavy (non-hydrogen) atoms. The molecule has 0 aromatic carbocycles. The first-order valence-electron chi connectivity index (χ1n) is 4.49. The molecule has 0 bridgehead atoms. The van der Waals surface area contributed by atoms with Crippen LogP contribution >= 0.6 is 0 Å². The fraction of sp³-hybridized carbons (Fsp3) is 0.400. The van der Waals surface area contributed by atoms with Crippen LogP contribution in [0.5, 0.6) is 0 Å². The van der Waals surface area contributed by atoms with Gasteiger partial charge in [0.2, 0.25) is 5.76 Å². The van der Waals surface area contributed by atoms with Crippen molar-refractivity contribution in [2.24, 2.45) is 0 Å². The summed E-state index contributed by atoms with van der Waals surface area (Å²) in [5, 5.41) is 8.77. The first-order chi connectivity index (χ1) is 6.99. The smallest absolute Gasteiger partial charge is 0.372 e. The lowest BCUT2D eigenvalue weighted by Gasteiger charge is -2.00. The minimum Gasteiger partial charge on any atom is -0.475 e. The van der Waals surface area contributed by atoms with Gasteiger partial charge in [-0.25, -0.2) is 9.59 Å². The summed E-state index contributed by atoms with van der Waals surface area (Å²) in [6.45, 7) is 4.98. The number of hydrogen-bond donors (Lipinski definition) is 1. The van der Waals surface area contributed by atoms with E-state index < -0.39 is 11.9 Å². The van der Waals surface area contributed by atoms with Crippen molar-refractivity contribution in [3.8, 4) is 0 Å². The number of carboxylic acids is 1. The molecule has 0 atom stereocenters. The summed E-state index contributed by atoms with van der Waals surface area (Å²) in [5.41, 5.74) is 0.507. The van der Waals surface area contributed by atoms with Gasteiger partial charge in [0.25, 0.3) is 0 Å². The molecule has 1 N–H and O–H groups in total. The molecule has 1 aromatic rings. The van der Waals surface area contributed by atoms with Gasteiger partial charge in [-0.05, 0) is 20.8 Å². The molecular weight excluding hydrogens is 200 g/mol. The van der Waals surface area contributed by atoms with Crippen LogP contribution in [0.25, 0.3) is 0 Å². The van der Waals surface area contributed by atoms with Crippen LogP contribution in [0.3, 0.4) is 0 Å². The van der Waals surface area contributed by atoms with Crippen LogP contribution in [0.2, 0.25) is 0 Å². The van der Waals surface area contributed by atoms with E-state index in [1.54, 1.807) is 6.92 Å². The van der Waals surface area contributed by atoms with Gasteiger partial charge < -0.3 is 14.3 Å². The lowest BCUT2D eigenvalue weighted by Crippen LogP contribution is -2.07. The van der Waals surface area contributed by atoms with Crippen molar-refractivity contribution >= 4 is 11.9 Å². The highest BCUT2D eigenvalue weighted by Crippen LogP contribution is 2.22. The average molecular weight is 212 g/mol. The van der Waals surface area contributed by atoms with Crippen LogP contribution in [0.1, 0.15) is 39.2 Å². The van der Waals surface area contributed by atoms with Crippen molar-refractivity contribution in [2.75, 3.05) is 6.61 Å². The van der Waals surface area contributed by atoms with E-state index in [4.69, 9.17) is 14.3 Å². The predicted octanol–water partition coefficient (Wildman–Crippen LogP) is 1.77. The number of furan rings is 1. The minimum absolute atomic E-state index is 0.203. The monoisotopic (exact) mass is 212 g/mol. The standard InChI is InChI=1S/C10H12O5/c1-4-14-10(13)7-5(2)8(9(11)12)15-6(7)3/h4H2,1-3H3,(H,11,12). The Morgan fingerprint density at radius 1 is 1.40 bits per heavy atom. The average Bonchev–Trinajstić information content (AvgIpc) is 2.42. The molecule has 1 heterocycles. The van der Waals surface area contributed by atoms with E-state index in [9.17, 15) is 9.59 Å². The van der Waals surface area contributed by atoms with Gasteiger partial charge in [0.05, 0.1) is 6.61 Å². The van der Waals surface area contributed by atoms with Crippen molar-refractivity contribution in [3.05, 3.63) is 22.6 Å². The Bertz CT molecular complexity index is 402. The Hall–Kier alpha value is -1.78. The van der Waals surface area contributed by atoms with Crippen molar-refractivity contribution < 1.29 is 23.8 Å². The molecule has 5 heteroatoms. The zero-order valence-electron chi connectivity index (χ0n) is 8.79. The third-order valence-corrected chi connectivity index (χ3v) is 2.00. The molecule has 0 aliphatic carbocycles. The lowest BCUT2D eigenvalue weighted by molar-refractivity contribution is 0.0523. The third-order valence-electron chi connectivity index (χ3n) is 2.00. The van der Waals surface area contributed by atoms with Crippen LogP contribution < -0.4 is 0 Å². The number of ether oxygens (including phenoxy) is 1. The summed E-state index contributed by atoms with van der Waals surface area (Å²) in [4.78, 5) is 22.2. The molecule has 1 aromatic heterocycles. The van der Waals surface area contributed by atoms with Gasteiger partial charge >= 0.3 is 11.9 Å². The fourth-order valence-electron chi connectivity index (χ4n) is 1.36. The zero-order valence-corrected chi connectivity index (χ0v) is 8.79. The molecule has 0 fully saturated rings. The summed E-state index contributed by atoms with van der Waals surface area (Å²) in [6.07, 6.45) is 0. The second kappa shape index (κ2) is 4.16. The van der Waals surface area contributed by atoms with Gasteiger partial charge in [-0.1, -0.05) is 0 Å². The molecule has 5 nitrogen and oxygen atoms in total. The number of carbonyl (C=O) groups excluding carboxylic acids is 1. The van der Waals surface area contributed by atoms with Crippen LogP contribution in [-0.4, -0.2) is 23.7 Å². The summed E-state index contributed by atoms with van der Waals surface area (Å²) in [7, 11) is 0. The second-order valence-electron chi connectivity index (χ2n) is 3.01. The van der Waals surface area contributed by atoms with E-state index in [2.05, 4.69) is 0 Å². The van der Waals surface area contributed by atoms with Crippen LogP contribution in [0.4, 0.5) is 0 Å². The highest BCUT2D eigenvalue weighted by atomic mass is 16.5. The van der Waals surface area contributed by atoms with Gasteiger partial charge in [-0.3, -0.25) is 0 Å². The normalized spacial score (nSPS) is 10.1. The minimum atomic E-state index is -1.19. The van der Waals surface area contributed by atoms with E-state index in [1.807, 2.05) is 0 Å². The predicted molar refractivity (Wildman–Crippen MR) is 51.1 cm³/mol. The van der Waals surface area contributed by atoms with E-state index >= 15 is 0 Å². The van der Waals surface area contributed by atoms with Crippen molar-refractivity contribution in [3.63, 3.8) is 0 Å². The number of carbonyl (C=O) groups is 2. The first-order valence-corrected chi connectivity index (χ1v) is 4.49. The molecule has 0 saturated carbocycles. The van der Waals surface area contributed by atoms with Gasteiger partial charge in [-0.2, -0.15) is 0 Å². The Morgan fingerprint density at radius 3 is 2.40 bits per heavy atom. The highest BCUT2D eigenvalue weighted by Gasteiger charge is 2.24. The van der Waals surface area contributed by atoms with Gasteiger partial charge in [0, 0.05) is 5.56 Å². The van der Waals surface area contributed by atoms with E-state index in [0.717, 1.165) is 0 Å². The van der Waals surface area contributed by atoms with Crippen molar-refractivity contribution in [1.29, 1.82) is 0 Å². The summed E-state index contributed by atoms with van der Waals surface area (Å²) < 4.78 is 9.76. The number of carboxylic acid groups (broad SMARTS) is 1. The van der Waals surface area contributed by atoms with Crippen molar-refractivity contribution in [1.82, 2.24) is 0 Å². The quantitative estimate of drug-likeness (QED) is 0.772. The Morgan fingerprint density at radius 2 is 2.00 bits per heavy atom. The molecule has 0 unspecified atom stereocenters. The maximum absolute atomic E-state index is 11.4. The molecule has 82 valence electrons. The molecular formula is C10H12O5. The zero-order chi connectivity index (χ0) is 11.6. The van der Waals surface area contributed by atoms with E-state index in [0.29, 0.717) is 5.56 Å². The Kier molecular flexibility index (Phi) is 3.14. The maximum atomic E-state index is 11.4. The van der Waals surface area contributed by atoms with Crippen LogP contribution in [0.15, 0.2) is 4.42 Å². The maximum Gasteiger partial charge on any atom is 0.372 e. The van der Waals surface area contributed by atoms with E-state index in [-0.39, 0.29) is 23.7 Å². The first kappa shape index (κ1) is 11.3. The summed E-state index contributed by atoms with van der Waals surface area (Å²) in [6, 6.07) is 0. The molecule has 0 amide bonds. The molecule has 0 spiro atoms. The van der Waals surface area contributed by atoms with Crippen LogP contribution in [0, 0.1) is 13.8 Å². The summed E-state index contributed by atoms with van der Waals surface area (Å²) in [5.74, 6) is -1.69. The topological polar surface area (TPSA) is 76.7 Å². The Balaban J connectivity index is 3.19. The van der Waals surface area contributed by atoms with Crippen LogP contribution in [-0.2, 0) is 4.74 Å². The number of aromatic carboxylic acids is 1. The molecule has 1 rings (SSSR count). The SMILES string of the molecule is CCOC(=O)c1c(C)oc(C(=O)O)c1C. The van der Waals surface area contributed by atoms with Gasteiger partial charge in [-0.15, -0.1) is 0 Å². The number of hydrogen-bond acceptors (Lipinski definition) is 4. The third kappa shape index (κ3) is 2.01. The highest BCUT2D eigenvalue weighted by molar-refractivity contribution is 5.96.